The average molecular weight is 247 g/mol. The molecule has 4 nitrogen and oxygen atoms in total. The predicted molar refractivity (Wildman–Crippen MR) is 63.1 cm³/mol. The maximum absolute atomic E-state index is 13.1. The lowest BCUT2D eigenvalue weighted by molar-refractivity contribution is 0.0690. The highest BCUT2D eigenvalue weighted by molar-refractivity contribution is 5.87. The maximum Gasteiger partial charge on any atom is 0.354 e. The molecule has 92 valence electrons. The summed E-state index contributed by atoms with van der Waals surface area (Å²) in [6, 6.07) is 7.23. The Morgan fingerprint density at radius 3 is 2.78 bits per heavy atom. The summed E-state index contributed by atoms with van der Waals surface area (Å²) in [5, 5.41) is 8.83. The van der Waals surface area contributed by atoms with Crippen LogP contribution in [-0.2, 0) is 0 Å². The van der Waals surface area contributed by atoms with Crippen molar-refractivity contribution < 1.29 is 19.0 Å². The van der Waals surface area contributed by atoms with Crippen molar-refractivity contribution in [3.05, 3.63) is 48.0 Å². The lowest BCUT2D eigenvalue weighted by atomic mass is 10.1. The van der Waals surface area contributed by atoms with E-state index in [1.54, 1.807) is 12.1 Å². The van der Waals surface area contributed by atoms with Crippen LogP contribution in [0.4, 0.5) is 4.39 Å². The van der Waals surface area contributed by atoms with Crippen LogP contribution in [0.3, 0.4) is 0 Å². The molecule has 2 aromatic rings. The molecule has 0 spiro atoms. The van der Waals surface area contributed by atoms with E-state index >= 15 is 0 Å². The molecule has 0 aliphatic rings. The number of pyridine rings is 1. The summed E-state index contributed by atoms with van der Waals surface area (Å²) in [6.45, 7) is 0. The van der Waals surface area contributed by atoms with Gasteiger partial charge >= 0.3 is 5.97 Å². The molecule has 0 aliphatic heterocycles. The van der Waals surface area contributed by atoms with E-state index in [0.717, 1.165) is 0 Å². The van der Waals surface area contributed by atoms with Crippen LogP contribution >= 0.6 is 0 Å². The second kappa shape index (κ2) is 4.83. The molecule has 1 N–H and O–H groups in total. The van der Waals surface area contributed by atoms with Crippen molar-refractivity contribution in [1.29, 1.82) is 0 Å². The molecule has 0 bridgehead atoms. The second-order valence-electron chi connectivity index (χ2n) is 3.59. The highest BCUT2D eigenvalue weighted by Crippen LogP contribution is 2.29. The van der Waals surface area contributed by atoms with Crippen LogP contribution in [0.25, 0.3) is 11.1 Å². The summed E-state index contributed by atoms with van der Waals surface area (Å²) in [7, 11) is 1.42. The van der Waals surface area contributed by atoms with E-state index < -0.39 is 5.97 Å². The van der Waals surface area contributed by atoms with Crippen molar-refractivity contribution in [2.45, 2.75) is 0 Å². The normalized spacial score (nSPS) is 10.1. The van der Waals surface area contributed by atoms with Gasteiger partial charge in [0.1, 0.15) is 11.6 Å². The van der Waals surface area contributed by atoms with Crippen LogP contribution in [0.2, 0.25) is 0 Å². The molecule has 5 heteroatoms. The number of methoxy groups -OCH3 is 1. The molecule has 1 aromatic carbocycles. The fraction of sp³-hybridized carbons (Fsp3) is 0.0769. The van der Waals surface area contributed by atoms with Gasteiger partial charge in [0.05, 0.1) is 7.11 Å². The number of carbonyl (C=O) groups is 1. The third-order valence-corrected chi connectivity index (χ3v) is 2.44. The number of hydrogen-bond donors (Lipinski definition) is 1. The van der Waals surface area contributed by atoms with Gasteiger partial charge in [0, 0.05) is 17.8 Å². The first-order chi connectivity index (χ1) is 8.61. The zero-order valence-corrected chi connectivity index (χ0v) is 9.55. The molecule has 0 atom stereocenters. The average Bonchev–Trinajstić information content (AvgIpc) is 2.37. The van der Waals surface area contributed by atoms with E-state index in [1.165, 1.54) is 31.5 Å². The van der Waals surface area contributed by atoms with Gasteiger partial charge in [-0.05, 0) is 17.7 Å². The zero-order chi connectivity index (χ0) is 13.1. The molecule has 18 heavy (non-hydrogen) atoms. The molecular formula is C13H10FNO3. The molecule has 1 aromatic heterocycles. The van der Waals surface area contributed by atoms with Crippen molar-refractivity contribution in [3.8, 4) is 16.9 Å². The van der Waals surface area contributed by atoms with E-state index in [1.807, 2.05) is 0 Å². The van der Waals surface area contributed by atoms with Crippen molar-refractivity contribution in [1.82, 2.24) is 4.98 Å². The molecule has 1 heterocycles. The Labute approximate surface area is 103 Å². The summed E-state index contributed by atoms with van der Waals surface area (Å²) in [5.74, 6) is -1.18. The topological polar surface area (TPSA) is 59.4 Å². The van der Waals surface area contributed by atoms with Gasteiger partial charge in [-0.15, -0.1) is 0 Å². The van der Waals surface area contributed by atoms with Crippen LogP contribution in [-0.4, -0.2) is 23.2 Å². The van der Waals surface area contributed by atoms with Crippen molar-refractivity contribution >= 4 is 5.97 Å². The summed E-state index contributed by atoms with van der Waals surface area (Å²) in [6.07, 6.45) is 1.36. The lowest BCUT2D eigenvalue weighted by Crippen LogP contribution is -2.01. The number of aromatic carboxylic acids is 1. The van der Waals surface area contributed by atoms with Gasteiger partial charge in [-0.1, -0.05) is 12.1 Å². The molecular weight excluding hydrogens is 237 g/mol. The Morgan fingerprint density at radius 1 is 1.39 bits per heavy atom. The van der Waals surface area contributed by atoms with Crippen molar-refractivity contribution in [2.75, 3.05) is 7.11 Å². The first kappa shape index (κ1) is 12.0. The van der Waals surface area contributed by atoms with Crippen LogP contribution in [0.15, 0.2) is 36.5 Å². The fourth-order valence-corrected chi connectivity index (χ4v) is 1.60. The van der Waals surface area contributed by atoms with Crippen LogP contribution in [0, 0.1) is 5.82 Å². The van der Waals surface area contributed by atoms with Gasteiger partial charge in [-0.2, -0.15) is 0 Å². The predicted octanol–water partition coefficient (Wildman–Crippen LogP) is 2.59. The minimum atomic E-state index is -1.14. The fourth-order valence-electron chi connectivity index (χ4n) is 1.60. The van der Waals surface area contributed by atoms with Crippen LogP contribution in [0.1, 0.15) is 10.5 Å². The minimum Gasteiger partial charge on any atom is -0.496 e. The van der Waals surface area contributed by atoms with Gasteiger partial charge in [-0.3, -0.25) is 0 Å². The highest BCUT2D eigenvalue weighted by atomic mass is 19.1. The highest BCUT2D eigenvalue weighted by Gasteiger charge is 2.12. The summed E-state index contributed by atoms with van der Waals surface area (Å²) in [4.78, 5) is 14.6. The molecule has 0 saturated carbocycles. The Bertz CT molecular complexity index is 599. The van der Waals surface area contributed by atoms with E-state index in [0.29, 0.717) is 16.9 Å². The number of nitrogens with zero attached hydrogens (tertiary/aromatic N) is 1. The number of benzene rings is 1. The quantitative estimate of drug-likeness (QED) is 0.905. The van der Waals surface area contributed by atoms with Crippen molar-refractivity contribution in [3.63, 3.8) is 0 Å². The third kappa shape index (κ3) is 2.29. The summed E-state index contributed by atoms with van der Waals surface area (Å²) in [5.41, 5.74) is 1.00. The van der Waals surface area contributed by atoms with Gasteiger partial charge in [-0.25, -0.2) is 14.2 Å². The molecule has 0 aliphatic carbocycles. The SMILES string of the molecule is COc1cc(C(=O)O)ncc1-c1cccc(F)c1. The number of rotatable bonds is 3. The van der Waals surface area contributed by atoms with Gasteiger partial charge in [0.25, 0.3) is 0 Å². The molecule has 0 fully saturated rings. The number of hydrogen-bond acceptors (Lipinski definition) is 3. The van der Waals surface area contributed by atoms with Gasteiger partial charge in [0.2, 0.25) is 0 Å². The smallest absolute Gasteiger partial charge is 0.354 e. The van der Waals surface area contributed by atoms with Gasteiger partial charge < -0.3 is 9.84 Å². The lowest BCUT2D eigenvalue weighted by Gasteiger charge is -2.08. The Morgan fingerprint density at radius 2 is 2.17 bits per heavy atom. The van der Waals surface area contributed by atoms with Crippen LogP contribution in [0.5, 0.6) is 5.75 Å². The minimum absolute atomic E-state index is 0.119. The number of carboxylic acids is 1. The van der Waals surface area contributed by atoms with E-state index in [4.69, 9.17) is 9.84 Å². The molecule has 0 saturated heterocycles. The van der Waals surface area contributed by atoms with Crippen molar-refractivity contribution in [2.24, 2.45) is 0 Å². The first-order valence-electron chi connectivity index (χ1n) is 5.15. The number of ether oxygens (including phenoxy) is 1. The number of aromatic nitrogens is 1. The van der Waals surface area contributed by atoms with E-state index in [9.17, 15) is 9.18 Å². The monoisotopic (exact) mass is 247 g/mol. The van der Waals surface area contributed by atoms with Gasteiger partial charge in [0.15, 0.2) is 5.69 Å². The maximum atomic E-state index is 13.1. The molecule has 0 amide bonds. The molecule has 0 radical (unpaired) electrons. The molecule has 2 rings (SSSR count). The van der Waals surface area contributed by atoms with E-state index in [-0.39, 0.29) is 11.5 Å². The Kier molecular flexibility index (Phi) is 3.23. The summed E-state index contributed by atoms with van der Waals surface area (Å²) < 4.78 is 18.2. The standard InChI is InChI=1S/C13H10FNO3/c1-18-12-6-11(13(16)17)15-7-10(12)8-3-2-4-9(14)5-8/h2-7H,1H3,(H,16,17). The number of carboxylic acid groups (broad SMARTS) is 1. The Hall–Kier alpha value is -2.43. The Balaban J connectivity index is 2.54. The van der Waals surface area contributed by atoms with E-state index in [2.05, 4.69) is 4.98 Å². The second-order valence-corrected chi connectivity index (χ2v) is 3.59. The third-order valence-electron chi connectivity index (χ3n) is 2.44. The molecule has 0 unspecified atom stereocenters. The largest absolute Gasteiger partial charge is 0.496 e. The summed E-state index contributed by atoms with van der Waals surface area (Å²) >= 11 is 0. The van der Waals surface area contributed by atoms with Crippen LogP contribution < -0.4 is 4.74 Å². The zero-order valence-electron chi connectivity index (χ0n) is 9.55. The number of halogens is 1. The first-order valence-corrected chi connectivity index (χ1v) is 5.15.